The van der Waals surface area contributed by atoms with Crippen LogP contribution in [0.1, 0.15) is 40.1 Å². The minimum absolute atomic E-state index is 0.134. The standard InChI is InChI=1S/C15H17NO5/c1-8(17)9-7-12-11(6-10(9)13(18)20-4)15(2,21-5)14(19)16(12)3/h6-7H,1-5H3. The molecule has 6 heteroatoms. The molecule has 1 aromatic carbocycles. The van der Waals surface area contributed by atoms with Crippen molar-refractivity contribution in [3.05, 3.63) is 28.8 Å². The first-order chi connectivity index (χ1) is 9.77. The Bertz CT molecular complexity index is 652. The van der Waals surface area contributed by atoms with Crippen LogP contribution in [-0.2, 0) is 19.9 Å². The number of methoxy groups -OCH3 is 2. The summed E-state index contributed by atoms with van der Waals surface area (Å²) in [5.74, 6) is -1.15. The van der Waals surface area contributed by atoms with Gasteiger partial charge in [-0.2, -0.15) is 0 Å². The van der Waals surface area contributed by atoms with Crippen LogP contribution in [0.3, 0.4) is 0 Å². The van der Waals surface area contributed by atoms with E-state index in [9.17, 15) is 14.4 Å². The lowest BCUT2D eigenvalue weighted by Crippen LogP contribution is -2.37. The maximum Gasteiger partial charge on any atom is 0.338 e. The van der Waals surface area contributed by atoms with Crippen molar-refractivity contribution in [2.75, 3.05) is 26.2 Å². The van der Waals surface area contributed by atoms with Gasteiger partial charge in [-0.3, -0.25) is 9.59 Å². The van der Waals surface area contributed by atoms with E-state index in [-0.39, 0.29) is 22.8 Å². The number of hydrogen-bond donors (Lipinski definition) is 0. The van der Waals surface area contributed by atoms with E-state index in [2.05, 4.69) is 0 Å². The Balaban J connectivity index is 2.78. The SMILES string of the molecule is COC(=O)c1cc2c(cc1C(C)=O)N(C)C(=O)C2(C)OC. The van der Waals surface area contributed by atoms with Gasteiger partial charge in [-0.15, -0.1) is 0 Å². The second-order valence-electron chi connectivity index (χ2n) is 5.06. The number of rotatable bonds is 3. The number of carbonyl (C=O) groups is 3. The molecule has 0 radical (unpaired) electrons. The minimum atomic E-state index is -1.18. The highest BCUT2D eigenvalue weighted by atomic mass is 16.5. The van der Waals surface area contributed by atoms with E-state index >= 15 is 0 Å². The van der Waals surface area contributed by atoms with Gasteiger partial charge in [0.2, 0.25) is 0 Å². The number of benzene rings is 1. The summed E-state index contributed by atoms with van der Waals surface area (Å²) in [5, 5.41) is 0. The predicted octanol–water partition coefficient (Wildman–Crippen LogP) is 1.51. The van der Waals surface area contributed by atoms with Gasteiger partial charge in [-0.25, -0.2) is 4.79 Å². The molecule has 0 fully saturated rings. The second kappa shape index (κ2) is 4.96. The van der Waals surface area contributed by atoms with Gasteiger partial charge in [0.25, 0.3) is 5.91 Å². The van der Waals surface area contributed by atoms with Crippen LogP contribution in [0.5, 0.6) is 0 Å². The lowest BCUT2D eigenvalue weighted by molar-refractivity contribution is -0.137. The molecule has 1 atom stereocenters. The number of hydrogen-bond acceptors (Lipinski definition) is 5. The monoisotopic (exact) mass is 291 g/mol. The van der Waals surface area contributed by atoms with E-state index in [1.165, 1.54) is 38.2 Å². The number of esters is 1. The Morgan fingerprint density at radius 2 is 1.81 bits per heavy atom. The number of nitrogens with zero attached hydrogens (tertiary/aromatic N) is 1. The number of ketones is 1. The fourth-order valence-corrected chi connectivity index (χ4v) is 2.56. The molecule has 0 bridgehead atoms. The molecule has 6 nitrogen and oxygen atoms in total. The summed E-state index contributed by atoms with van der Waals surface area (Å²) in [6.07, 6.45) is 0. The van der Waals surface area contributed by atoms with Gasteiger partial charge in [-0.05, 0) is 26.0 Å². The summed E-state index contributed by atoms with van der Waals surface area (Å²) in [7, 11) is 4.27. The number of likely N-dealkylation sites (N-methyl/N-ethyl adjacent to an activating group) is 1. The third-order valence-corrected chi connectivity index (χ3v) is 3.92. The van der Waals surface area contributed by atoms with Crippen LogP contribution < -0.4 is 4.90 Å². The molecular weight excluding hydrogens is 274 g/mol. The van der Waals surface area contributed by atoms with Gasteiger partial charge in [-0.1, -0.05) is 0 Å². The van der Waals surface area contributed by atoms with Crippen molar-refractivity contribution in [3.8, 4) is 0 Å². The molecule has 2 rings (SSSR count). The maximum atomic E-state index is 12.3. The molecule has 1 aliphatic rings. The Kier molecular flexibility index (Phi) is 3.59. The summed E-state index contributed by atoms with van der Waals surface area (Å²) >= 11 is 0. The number of Topliss-reactive ketones (excluding diaryl/α,β-unsaturated/α-hetero) is 1. The van der Waals surface area contributed by atoms with Gasteiger partial charge in [0.05, 0.1) is 18.4 Å². The van der Waals surface area contributed by atoms with Gasteiger partial charge in [0, 0.05) is 25.3 Å². The number of fused-ring (bicyclic) bond motifs is 1. The van der Waals surface area contributed by atoms with Crippen LogP contribution in [0.15, 0.2) is 12.1 Å². The Morgan fingerprint density at radius 3 is 2.29 bits per heavy atom. The number of anilines is 1. The van der Waals surface area contributed by atoms with Crippen molar-refractivity contribution in [2.24, 2.45) is 0 Å². The average Bonchev–Trinajstić information content (AvgIpc) is 2.67. The van der Waals surface area contributed by atoms with E-state index in [0.717, 1.165) is 0 Å². The lowest BCUT2D eigenvalue weighted by atomic mass is 9.92. The normalized spacial score (nSPS) is 20.4. The van der Waals surface area contributed by atoms with E-state index in [1.54, 1.807) is 14.0 Å². The van der Waals surface area contributed by atoms with Crippen molar-refractivity contribution in [1.82, 2.24) is 0 Å². The fraction of sp³-hybridized carbons (Fsp3) is 0.400. The molecule has 0 N–H and O–H groups in total. The van der Waals surface area contributed by atoms with Crippen molar-refractivity contribution < 1.29 is 23.9 Å². The third kappa shape index (κ3) is 2.03. The third-order valence-electron chi connectivity index (χ3n) is 3.92. The lowest BCUT2D eigenvalue weighted by Gasteiger charge is -2.21. The zero-order valence-corrected chi connectivity index (χ0v) is 12.6. The molecule has 112 valence electrons. The van der Waals surface area contributed by atoms with E-state index < -0.39 is 11.6 Å². The topological polar surface area (TPSA) is 72.9 Å². The predicted molar refractivity (Wildman–Crippen MR) is 75.6 cm³/mol. The summed E-state index contributed by atoms with van der Waals surface area (Å²) in [5.41, 5.74) is 0.281. The second-order valence-corrected chi connectivity index (χ2v) is 5.06. The summed E-state index contributed by atoms with van der Waals surface area (Å²) in [4.78, 5) is 37.4. The smallest absolute Gasteiger partial charge is 0.338 e. The summed E-state index contributed by atoms with van der Waals surface area (Å²) in [6.45, 7) is 2.99. The van der Waals surface area contributed by atoms with Gasteiger partial charge >= 0.3 is 5.97 Å². The molecule has 1 unspecified atom stereocenters. The molecule has 1 heterocycles. The van der Waals surface area contributed by atoms with Crippen molar-refractivity contribution in [1.29, 1.82) is 0 Å². The molecule has 0 saturated carbocycles. The molecule has 0 aliphatic carbocycles. The molecule has 21 heavy (non-hydrogen) atoms. The van der Waals surface area contributed by atoms with E-state index in [4.69, 9.17) is 9.47 Å². The summed E-state index contributed by atoms with van der Waals surface area (Å²) < 4.78 is 10.1. The number of ether oxygens (including phenoxy) is 2. The average molecular weight is 291 g/mol. The van der Waals surface area contributed by atoms with Gasteiger partial charge in [0.1, 0.15) is 0 Å². The molecule has 1 amide bonds. The Morgan fingerprint density at radius 1 is 1.19 bits per heavy atom. The zero-order valence-electron chi connectivity index (χ0n) is 12.6. The number of carbonyl (C=O) groups excluding carboxylic acids is 3. The molecule has 1 aromatic rings. The first-order valence-corrected chi connectivity index (χ1v) is 6.39. The van der Waals surface area contributed by atoms with Crippen LogP contribution in [0.2, 0.25) is 0 Å². The van der Waals surface area contributed by atoms with E-state index in [0.29, 0.717) is 11.3 Å². The molecule has 0 spiro atoms. The first kappa shape index (κ1) is 15.2. The van der Waals surface area contributed by atoms with Crippen molar-refractivity contribution >= 4 is 23.3 Å². The highest BCUT2D eigenvalue weighted by Gasteiger charge is 2.47. The van der Waals surface area contributed by atoms with Crippen molar-refractivity contribution in [3.63, 3.8) is 0 Å². The quantitative estimate of drug-likeness (QED) is 0.623. The van der Waals surface area contributed by atoms with Crippen LogP contribution >= 0.6 is 0 Å². The minimum Gasteiger partial charge on any atom is -0.465 e. The largest absolute Gasteiger partial charge is 0.465 e. The van der Waals surface area contributed by atoms with Crippen LogP contribution in [-0.4, -0.2) is 38.9 Å². The maximum absolute atomic E-state index is 12.3. The zero-order chi connectivity index (χ0) is 15.9. The first-order valence-electron chi connectivity index (χ1n) is 6.39. The van der Waals surface area contributed by atoms with Crippen LogP contribution in [0.25, 0.3) is 0 Å². The molecular formula is C15H17NO5. The van der Waals surface area contributed by atoms with Crippen LogP contribution in [0, 0.1) is 0 Å². The van der Waals surface area contributed by atoms with E-state index in [1.807, 2.05) is 0 Å². The van der Waals surface area contributed by atoms with Crippen molar-refractivity contribution in [2.45, 2.75) is 19.4 Å². The van der Waals surface area contributed by atoms with Gasteiger partial charge in [0.15, 0.2) is 11.4 Å². The molecule has 0 saturated heterocycles. The fourth-order valence-electron chi connectivity index (χ4n) is 2.56. The molecule has 1 aliphatic heterocycles. The summed E-state index contributed by atoms with van der Waals surface area (Å²) in [6, 6.07) is 3.04. The Hall–Kier alpha value is -2.21. The van der Waals surface area contributed by atoms with Crippen LogP contribution in [0.4, 0.5) is 5.69 Å². The Labute approximate surface area is 122 Å². The number of amides is 1. The van der Waals surface area contributed by atoms with Gasteiger partial charge < -0.3 is 14.4 Å². The highest BCUT2D eigenvalue weighted by Crippen LogP contribution is 2.43. The molecule has 0 aromatic heterocycles. The highest BCUT2D eigenvalue weighted by molar-refractivity contribution is 6.11.